The molecule has 0 aromatic heterocycles. The van der Waals surface area contributed by atoms with Crippen LogP contribution < -0.4 is 0 Å². The van der Waals surface area contributed by atoms with Gasteiger partial charge in [0.1, 0.15) is 6.61 Å². The number of carboxylic acid groups (broad SMARTS) is 1. The third kappa shape index (κ3) is 3.99. The van der Waals surface area contributed by atoms with Gasteiger partial charge in [-0.15, -0.1) is 0 Å². The molecule has 0 bridgehead atoms. The quantitative estimate of drug-likeness (QED) is 0.805. The van der Waals surface area contributed by atoms with E-state index in [9.17, 15) is 22.4 Å². The molecule has 0 amide bonds. The summed E-state index contributed by atoms with van der Waals surface area (Å²) >= 11 is 0. The average Bonchev–Trinajstić information content (AvgIpc) is 2.29. The van der Waals surface area contributed by atoms with E-state index in [1.807, 2.05) is 0 Å². The molecule has 0 fully saturated rings. The molecule has 0 spiro atoms. The van der Waals surface area contributed by atoms with E-state index in [4.69, 9.17) is 5.11 Å². The summed E-state index contributed by atoms with van der Waals surface area (Å²) in [5.41, 5.74) is 0.460. The standard InChI is InChI=1S/C11H10F4O3/c12-10(13)11(14,15)6-18-5-7-1-3-8(4-2-7)9(16)17/h1-4,10H,5-6H2,(H,16,17). The molecule has 0 saturated heterocycles. The molecule has 0 atom stereocenters. The number of aromatic carboxylic acids is 1. The number of carbonyl (C=O) groups is 1. The highest BCUT2D eigenvalue weighted by atomic mass is 19.3. The van der Waals surface area contributed by atoms with Crippen LogP contribution in [0.15, 0.2) is 24.3 Å². The molecule has 0 unspecified atom stereocenters. The fraction of sp³-hybridized carbons (Fsp3) is 0.364. The van der Waals surface area contributed by atoms with Crippen LogP contribution in [0.1, 0.15) is 15.9 Å². The van der Waals surface area contributed by atoms with Gasteiger partial charge in [-0.2, -0.15) is 8.78 Å². The van der Waals surface area contributed by atoms with E-state index in [1.54, 1.807) is 0 Å². The van der Waals surface area contributed by atoms with E-state index < -0.39 is 24.9 Å². The molecule has 0 saturated carbocycles. The molecule has 1 N–H and O–H groups in total. The molecule has 0 radical (unpaired) electrons. The molecule has 0 aliphatic carbocycles. The minimum absolute atomic E-state index is 0.0386. The van der Waals surface area contributed by atoms with Crippen LogP contribution in [-0.4, -0.2) is 30.0 Å². The minimum Gasteiger partial charge on any atom is -0.478 e. The van der Waals surface area contributed by atoms with Crippen LogP contribution in [0.25, 0.3) is 0 Å². The van der Waals surface area contributed by atoms with Gasteiger partial charge in [-0.3, -0.25) is 0 Å². The molecular weight excluding hydrogens is 256 g/mol. The molecule has 100 valence electrons. The maximum absolute atomic E-state index is 12.5. The van der Waals surface area contributed by atoms with Crippen molar-refractivity contribution in [3.63, 3.8) is 0 Å². The number of hydrogen-bond acceptors (Lipinski definition) is 2. The van der Waals surface area contributed by atoms with Gasteiger partial charge in [0, 0.05) is 0 Å². The summed E-state index contributed by atoms with van der Waals surface area (Å²) in [6, 6.07) is 5.27. The topological polar surface area (TPSA) is 46.5 Å². The third-order valence-corrected chi connectivity index (χ3v) is 2.08. The van der Waals surface area contributed by atoms with Crippen molar-refractivity contribution >= 4 is 5.97 Å². The molecule has 0 aliphatic heterocycles. The molecule has 7 heteroatoms. The van der Waals surface area contributed by atoms with Gasteiger partial charge in [0.2, 0.25) is 0 Å². The predicted molar refractivity (Wildman–Crippen MR) is 54.0 cm³/mol. The summed E-state index contributed by atoms with van der Waals surface area (Å²) in [6.45, 7) is -1.67. The Morgan fingerprint density at radius 3 is 2.28 bits per heavy atom. The molecular formula is C11H10F4O3. The molecule has 3 nitrogen and oxygen atoms in total. The van der Waals surface area contributed by atoms with Gasteiger partial charge in [-0.05, 0) is 17.7 Å². The fourth-order valence-electron chi connectivity index (χ4n) is 1.11. The van der Waals surface area contributed by atoms with Crippen molar-refractivity contribution < 1.29 is 32.2 Å². The van der Waals surface area contributed by atoms with E-state index >= 15 is 0 Å². The lowest BCUT2D eigenvalue weighted by molar-refractivity contribution is -0.168. The van der Waals surface area contributed by atoms with E-state index in [1.165, 1.54) is 24.3 Å². The maximum atomic E-state index is 12.5. The van der Waals surface area contributed by atoms with Gasteiger partial charge in [0.25, 0.3) is 0 Å². The average molecular weight is 266 g/mol. The highest BCUT2D eigenvalue weighted by Crippen LogP contribution is 2.23. The summed E-state index contributed by atoms with van der Waals surface area (Å²) in [5, 5.41) is 8.61. The molecule has 18 heavy (non-hydrogen) atoms. The Morgan fingerprint density at radius 1 is 1.28 bits per heavy atom. The van der Waals surface area contributed by atoms with E-state index in [0.29, 0.717) is 5.56 Å². The second-order valence-corrected chi connectivity index (χ2v) is 3.56. The number of benzene rings is 1. The Bertz CT molecular complexity index is 403. The summed E-state index contributed by atoms with van der Waals surface area (Å²) in [5.74, 6) is -5.30. The summed E-state index contributed by atoms with van der Waals surface area (Å²) in [7, 11) is 0. The number of ether oxygens (including phenoxy) is 1. The van der Waals surface area contributed by atoms with Crippen LogP contribution in [0.2, 0.25) is 0 Å². The number of alkyl halides is 4. The smallest absolute Gasteiger partial charge is 0.335 e. The zero-order valence-electron chi connectivity index (χ0n) is 9.08. The lowest BCUT2D eigenvalue weighted by Gasteiger charge is -2.15. The van der Waals surface area contributed by atoms with Gasteiger partial charge < -0.3 is 9.84 Å². The van der Waals surface area contributed by atoms with Crippen molar-refractivity contribution in [2.24, 2.45) is 0 Å². The van der Waals surface area contributed by atoms with E-state index in [2.05, 4.69) is 4.74 Å². The lowest BCUT2D eigenvalue weighted by atomic mass is 10.1. The first-order valence-electron chi connectivity index (χ1n) is 4.89. The van der Waals surface area contributed by atoms with Crippen molar-refractivity contribution in [2.75, 3.05) is 6.61 Å². The van der Waals surface area contributed by atoms with E-state index in [0.717, 1.165) is 0 Å². The lowest BCUT2D eigenvalue weighted by Crippen LogP contribution is -2.32. The van der Waals surface area contributed by atoms with Crippen LogP contribution >= 0.6 is 0 Å². The van der Waals surface area contributed by atoms with Crippen LogP contribution in [0.5, 0.6) is 0 Å². The molecule has 1 aromatic carbocycles. The predicted octanol–water partition coefficient (Wildman–Crippen LogP) is 2.80. The van der Waals surface area contributed by atoms with Crippen LogP contribution in [0, 0.1) is 0 Å². The fourth-order valence-corrected chi connectivity index (χ4v) is 1.11. The first-order chi connectivity index (χ1) is 8.33. The van der Waals surface area contributed by atoms with Gasteiger partial charge in [-0.25, -0.2) is 13.6 Å². The number of carboxylic acids is 1. The van der Waals surface area contributed by atoms with Crippen LogP contribution in [0.4, 0.5) is 17.6 Å². The van der Waals surface area contributed by atoms with Gasteiger partial charge >= 0.3 is 18.3 Å². The second-order valence-electron chi connectivity index (χ2n) is 3.56. The number of halogens is 4. The Kier molecular flexibility index (Phi) is 4.66. The summed E-state index contributed by atoms with van der Waals surface area (Å²) in [4.78, 5) is 10.5. The Balaban J connectivity index is 2.47. The van der Waals surface area contributed by atoms with Gasteiger partial charge in [0.15, 0.2) is 0 Å². The Labute approximate surface area is 100.0 Å². The Morgan fingerprint density at radius 2 is 1.83 bits per heavy atom. The zero-order chi connectivity index (χ0) is 13.8. The van der Waals surface area contributed by atoms with Crippen molar-refractivity contribution in [3.05, 3.63) is 35.4 Å². The highest BCUT2D eigenvalue weighted by Gasteiger charge is 2.40. The molecule has 0 aliphatic rings. The number of hydrogen-bond donors (Lipinski definition) is 1. The van der Waals surface area contributed by atoms with Crippen molar-refractivity contribution in [3.8, 4) is 0 Å². The third-order valence-electron chi connectivity index (χ3n) is 2.08. The molecule has 1 aromatic rings. The monoisotopic (exact) mass is 266 g/mol. The van der Waals surface area contributed by atoms with Gasteiger partial charge in [0.05, 0.1) is 12.2 Å². The highest BCUT2D eigenvalue weighted by molar-refractivity contribution is 5.87. The van der Waals surface area contributed by atoms with Crippen molar-refractivity contribution in [1.82, 2.24) is 0 Å². The van der Waals surface area contributed by atoms with Crippen molar-refractivity contribution in [2.45, 2.75) is 19.0 Å². The summed E-state index contributed by atoms with van der Waals surface area (Å²) < 4.78 is 53.0. The molecule has 1 rings (SSSR count). The van der Waals surface area contributed by atoms with E-state index in [-0.39, 0.29) is 12.2 Å². The normalized spacial score (nSPS) is 11.8. The first-order valence-corrected chi connectivity index (χ1v) is 4.89. The summed E-state index contributed by atoms with van der Waals surface area (Å²) in [6.07, 6.45) is -3.77. The van der Waals surface area contributed by atoms with Gasteiger partial charge in [-0.1, -0.05) is 12.1 Å². The van der Waals surface area contributed by atoms with Crippen molar-refractivity contribution in [1.29, 1.82) is 0 Å². The van der Waals surface area contributed by atoms with Crippen LogP contribution in [-0.2, 0) is 11.3 Å². The SMILES string of the molecule is O=C(O)c1ccc(COCC(F)(F)C(F)F)cc1. The maximum Gasteiger partial charge on any atom is 0.335 e. The van der Waals surface area contributed by atoms with Crippen LogP contribution in [0.3, 0.4) is 0 Å². The minimum atomic E-state index is -4.18. The molecule has 0 heterocycles. The Hall–Kier alpha value is -1.63. The number of rotatable bonds is 6. The first kappa shape index (κ1) is 14.4. The largest absolute Gasteiger partial charge is 0.478 e. The second kappa shape index (κ2) is 5.81. The zero-order valence-corrected chi connectivity index (χ0v) is 9.08.